The van der Waals surface area contributed by atoms with Gasteiger partial charge in [-0.3, -0.25) is 4.79 Å². The van der Waals surface area contributed by atoms with Crippen molar-refractivity contribution in [3.63, 3.8) is 0 Å². The Morgan fingerprint density at radius 2 is 1.74 bits per heavy atom. The first-order chi connectivity index (χ1) is 20.1. The summed E-state index contributed by atoms with van der Waals surface area (Å²) in [6.07, 6.45) is 2.24. The first kappa shape index (κ1) is 32.9. The number of aromatic nitrogens is 1. The van der Waals surface area contributed by atoms with Crippen LogP contribution in [0.25, 0.3) is 0 Å². The number of hydrogen-bond donors (Lipinski definition) is 4. The summed E-state index contributed by atoms with van der Waals surface area (Å²) in [5.41, 5.74) is 8.16. The first-order valence-electron chi connectivity index (χ1n) is 14.0. The van der Waals surface area contributed by atoms with Crippen LogP contribution in [0, 0.1) is 5.92 Å². The van der Waals surface area contributed by atoms with E-state index in [1.165, 1.54) is 7.11 Å². The Morgan fingerprint density at radius 3 is 2.38 bits per heavy atom. The molecule has 0 aliphatic carbocycles. The Morgan fingerprint density at radius 1 is 1.07 bits per heavy atom. The zero-order valence-electron chi connectivity index (χ0n) is 24.7. The largest absolute Gasteiger partial charge is 0.467 e. The number of carbonyl (C=O) groups is 2. The molecule has 1 heterocycles. The summed E-state index contributed by atoms with van der Waals surface area (Å²) >= 11 is 4.90. The number of nitrogens with zero attached hydrogens (tertiary/aromatic N) is 1. The van der Waals surface area contributed by atoms with E-state index in [9.17, 15) is 9.59 Å². The zero-order valence-corrected chi connectivity index (χ0v) is 25.6. The molecule has 1 amide bonds. The maximum Gasteiger partial charge on any atom is 0.330 e. The molecule has 3 atom stereocenters. The number of ether oxygens (including phenoxy) is 3. The molecular formula is C32H42N4O5S. The second kappa shape index (κ2) is 16.1. The summed E-state index contributed by atoms with van der Waals surface area (Å²) < 4.78 is 16.4. The van der Waals surface area contributed by atoms with E-state index in [-0.39, 0.29) is 30.1 Å². The molecule has 4 N–H and O–H groups in total. The Bertz CT molecular complexity index is 1280. The van der Waals surface area contributed by atoms with E-state index >= 15 is 0 Å². The third-order valence-corrected chi connectivity index (χ3v) is 8.17. The lowest BCUT2D eigenvalue weighted by Gasteiger charge is -2.40. The van der Waals surface area contributed by atoms with Gasteiger partial charge in [0.15, 0.2) is 6.04 Å². The summed E-state index contributed by atoms with van der Waals surface area (Å²) in [7, 11) is 1.29. The van der Waals surface area contributed by atoms with E-state index in [4.69, 9.17) is 32.6 Å². The number of nitrogens with two attached hydrogens (primary N) is 1. The normalized spacial score (nSPS) is 14.0. The molecule has 3 aromatic rings. The molecule has 0 radical (unpaired) electrons. The number of nitrogen functional groups attached to an aromatic ring is 1. The van der Waals surface area contributed by atoms with Gasteiger partial charge in [0.2, 0.25) is 11.8 Å². The topological polar surface area (TPSA) is 125 Å². The Hall–Kier alpha value is -3.60. The average molecular weight is 595 g/mol. The molecule has 42 heavy (non-hydrogen) atoms. The SMILES string of the molecule is COC(=O)[C@H](COCc1ccccc1)NC(=O)CCC(S)[C@@](C)(NCc1cc(Oc2ccccc2)ncc1N)C(C)C. The fourth-order valence-electron chi connectivity index (χ4n) is 4.31. The zero-order chi connectivity index (χ0) is 30.5. The summed E-state index contributed by atoms with van der Waals surface area (Å²) in [5.74, 6) is 0.482. The lowest BCUT2D eigenvalue weighted by molar-refractivity contribution is -0.147. The van der Waals surface area contributed by atoms with Gasteiger partial charge >= 0.3 is 5.97 Å². The third kappa shape index (κ3) is 9.75. The molecule has 0 bridgehead atoms. The standard InChI is InChI=1S/C32H42N4O5S/c1-22(2)32(3,35-18-24-17-30(34-19-26(24)33)41-25-13-9-6-10-14-25)28(42)15-16-29(37)36-27(31(38)39-4)21-40-20-23-11-7-5-8-12-23/h5-14,17,19,22,27-28,35,42H,15-16,18,20-21,33H2,1-4H3,(H,36,37)/t27-,28?,32-/m0/s1. The van der Waals surface area contributed by atoms with E-state index in [1.807, 2.05) is 66.7 Å². The number of benzene rings is 2. The van der Waals surface area contributed by atoms with Crippen LogP contribution in [0.15, 0.2) is 72.9 Å². The van der Waals surface area contributed by atoms with Crippen molar-refractivity contribution >= 4 is 30.2 Å². The molecule has 0 aliphatic heterocycles. The van der Waals surface area contributed by atoms with E-state index in [0.717, 1.165) is 11.1 Å². The van der Waals surface area contributed by atoms with Gasteiger partial charge in [-0.2, -0.15) is 12.6 Å². The van der Waals surface area contributed by atoms with Crippen molar-refractivity contribution in [1.82, 2.24) is 15.6 Å². The van der Waals surface area contributed by atoms with Crippen LogP contribution in [0.5, 0.6) is 11.6 Å². The van der Waals surface area contributed by atoms with Crippen LogP contribution in [0.4, 0.5) is 5.69 Å². The Kier molecular flexibility index (Phi) is 12.7. The fraction of sp³-hybridized carbons (Fsp3) is 0.406. The van der Waals surface area contributed by atoms with Crippen LogP contribution in [0.3, 0.4) is 0 Å². The molecule has 0 saturated carbocycles. The number of carbonyl (C=O) groups excluding carboxylic acids is 2. The maximum atomic E-state index is 12.9. The lowest BCUT2D eigenvalue weighted by Crippen LogP contribution is -2.54. The van der Waals surface area contributed by atoms with Gasteiger partial charge in [-0.15, -0.1) is 0 Å². The van der Waals surface area contributed by atoms with Crippen molar-refractivity contribution in [3.05, 3.63) is 84.1 Å². The minimum absolute atomic E-state index is 0.00616. The van der Waals surface area contributed by atoms with Gasteiger partial charge in [-0.05, 0) is 42.5 Å². The van der Waals surface area contributed by atoms with Crippen LogP contribution < -0.4 is 21.1 Å². The van der Waals surface area contributed by atoms with Crippen LogP contribution in [0.2, 0.25) is 0 Å². The number of thiol groups is 1. The summed E-state index contributed by atoms with van der Waals surface area (Å²) in [5, 5.41) is 6.18. The molecule has 1 aromatic heterocycles. The van der Waals surface area contributed by atoms with Gasteiger partial charge in [0.1, 0.15) is 5.75 Å². The van der Waals surface area contributed by atoms with E-state index < -0.39 is 17.6 Å². The molecular weight excluding hydrogens is 552 g/mol. The number of hydrogen-bond acceptors (Lipinski definition) is 9. The predicted molar refractivity (Wildman–Crippen MR) is 167 cm³/mol. The highest BCUT2D eigenvalue weighted by molar-refractivity contribution is 7.81. The average Bonchev–Trinajstić information content (AvgIpc) is 2.99. The smallest absolute Gasteiger partial charge is 0.330 e. The minimum Gasteiger partial charge on any atom is -0.467 e. The van der Waals surface area contributed by atoms with Crippen molar-refractivity contribution in [2.24, 2.45) is 5.92 Å². The van der Waals surface area contributed by atoms with Gasteiger partial charge in [0.05, 0.1) is 32.2 Å². The van der Waals surface area contributed by atoms with Gasteiger partial charge in [0, 0.05) is 29.8 Å². The quantitative estimate of drug-likeness (QED) is 0.136. The van der Waals surface area contributed by atoms with Crippen LogP contribution in [0.1, 0.15) is 44.7 Å². The summed E-state index contributed by atoms with van der Waals surface area (Å²) in [4.78, 5) is 29.4. The minimum atomic E-state index is -0.902. The van der Waals surface area contributed by atoms with Gasteiger partial charge in [0.25, 0.3) is 0 Å². The van der Waals surface area contributed by atoms with Crippen LogP contribution in [-0.2, 0) is 32.2 Å². The number of rotatable bonds is 16. The molecule has 1 unspecified atom stereocenters. The summed E-state index contributed by atoms with van der Waals surface area (Å²) in [6, 6.07) is 20.0. The number of pyridine rings is 1. The number of anilines is 1. The Balaban J connectivity index is 1.56. The van der Waals surface area contributed by atoms with Gasteiger partial charge in [-0.1, -0.05) is 62.4 Å². The van der Waals surface area contributed by atoms with Crippen molar-refractivity contribution in [3.8, 4) is 11.6 Å². The lowest BCUT2D eigenvalue weighted by atomic mass is 9.82. The van der Waals surface area contributed by atoms with Crippen molar-refractivity contribution in [1.29, 1.82) is 0 Å². The first-order valence-corrected chi connectivity index (χ1v) is 14.5. The van der Waals surface area contributed by atoms with E-state index in [2.05, 4.69) is 36.4 Å². The molecule has 2 aromatic carbocycles. The monoisotopic (exact) mass is 594 g/mol. The van der Waals surface area contributed by atoms with Gasteiger partial charge in [-0.25, -0.2) is 9.78 Å². The highest BCUT2D eigenvalue weighted by Gasteiger charge is 2.35. The predicted octanol–water partition coefficient (Wildman–Crippen LogP) is 4.91. The van der Waals surface area contributed by atoms with Crippen molar-refractivity contribution in [2.45, 2.75) is 63.6 Å². The maximum absolute atomic E-state index is 12.9. The molecule has 0 fully saturated rings. The molecule has 0 aliphatic rings. The number of para-hydroxylation sites is 1. The second-order valence-corrected chi connectivity index (χ2v) is 11.2. The number of methoxy groups -OCH3 is 1. The van der Waals surface area contributed by atoms with Crippen LogP contribution in [-0.4, -0.2) is 47.4 Å². The van der Waals surface area contributed by atoms with Gasteiger partial charge < -0.3 is 30.6 Å². The molecule has 3 rings (SSSR count). The van der Waals surface area contributed by atoms with Crippen molar-refractivity contribution in [2.75, 3.05) is 19.5 Å². The fourth-order valence-corrected chi connectivity index (χ4v) is 4.83. The molecule has 226 valence electrons. The number of amides is 1. The second-order valence-electron chi connectivity index (χ2n) is 10.6. The third-order valence-electron chi connectivity index (χ3n) is 7.38. The molecule has 10 heteroatoms. The summed E-state index contributed by atoms with van der Waals surface area (Å²) in [6.45, 7) is 7.08. The number of esters is 1. The molecule has 0 saturated heterocycles. The van der Waals surface area contributed by atoms with E-state index in [1.54, 1.807) is 6.20 Å². The Labute approximate surface area is 253 Å². The molecule has 9 nitrogen and oxygen atoms in total. The molecule has 0 spiro atoms. The van der Waals surface area contributed by atoms with Crippen molar-refractivity contribution < 1.29 is 23.8 Å². The number of nitrogens with one attached hydrogen (secondary N) is 2. The highest BCUT2D eigenvalue weighted by atomic mass is 32.1. The highest BCUT2D eigenvalue weighted by Crippen LogP contribution is 2.30. The van der Waals surface area contributed by atoms with E-state index in [0.29, 0.717) is 36.9 Å². The van der Waals surface area contributed by atoms with Crippen LogP contribution >= 0.6 is 12.6 Å².